The molecular formula is C23H21BrFN5O2. The second-order valence-electron chi connectivity index (χ2n) is 8.09. The molecule has 4 N–H and O–H groups in total. The second kappa shape index (κ2) is 7.91. The maximum absolute atomic E-state index is 14.6. The number of aliphatic hydroxyl groups is 2. The van der Waals surface area contributed by atoms with E-state index < -0.39 is 18.2 Å². The summed E-state index contributed by atoms with van der Waals surface area (Å²) in [6.45, 7) is 1.90. The average molecular weight is 498 g/mol. The molecule has 0 radical (unpaired) electrons. The van der Waals surface area contributed by atoms with Gasteiger partial charge in [-0.05, 0) is 71.1 Å². The number of nitrogens with two attached hydrogens (primary N) is 1. The summed E-state index contributed by atoms with van der Waals surface area (Å²) < 4.78 is 17.0. The molecule has 0 fully saturated rings. The van der Waals surface area contributed by atoms with Crippen LogP contribution in [0.2, 0.25) is 0 Å². The topological polar surface area (TPSA) is 110 Å². The van der Waals surface area contributed by atoms with Crippen LogP contribution < -0.4 is 5.73 Å². The summed E-state index contributed by atoms with van der Waals surface area (Å²) in [5.41, 5.74) is 9.33. The van der Waals surface area contributed by atoms with Crippen molar-refractivity contribution in [2.75, 3.05) is 5.73 Å². The summed E-state index contributed by atoms with van der Waals surface area (Å²) in [5.74, 6) is -0.0784. The van der Waals surface area contributed by atoms with Gasteiger partial charge in [-0.15, -0.1) is 0 Å². The van der Waals surface area contributed by atoms with Crippen molar-refractivity contribution < 1.29 is 14.6 Å². The van der Waals surface area contributed by atoms with Crippen molar-refractivity contribution in [3.05, 3.63) is 70.0 Å². The lowest BCUT2D eigenvalue weighted by atomic mass is 10.0. The Morgan fingerprint density at radius 2 is 1.97 bits per heavy atom. The van der Waals surface area contributed by atoms with Crippen LogP contribution in [0.3, 0.4) is 0 Å². The molecule has 3 aromatic heterocycles. The SMILES string of the molecule is Cc1ncnc2c1ccn2[C@@H]1C=C(CCc2cc(F)c3cc(Br)c(N)nc3c2)[C@@H](O)[C@H]1O. The number of hydrogen-bond acceptors (Lipinski definition) is 6. The lowest BCUT2D eigenvalue weighted by Gasteiger charge is -2.19. The first kappa shape index (κ1) is 21.0. The number of anilines is 1. The van der Waals surface area contributed by atoms with Gasteiger partial charge in [0.05, 0.1) is 21.7 Å². The molecule has 32 heavy (non-hydrogen) atoms. The van der Waals surface area contributed by atoms with Crippen LogP contribution in [0.25, 0.3) is 21.9 Å². The molecule has 3 atom stereocenters. The van der Waals surface area contributed by atoms with E-state index in [1.54, 1.807) is 12.1 Å². The minimum atomic E-state index is -1.00. The van der Waals surface area contributed by atoms with Crippen LogP contribution in [0.5, 0.6) is 0 Å². The largest absolute Gasteiger partial charge is 0.388 e. The smallest absolute Gasteiger partial charge is 0.144 e. The van der Waals surface area contributed by atoms with Gasteiger partial charge in [0.2, 0.25) is 0 Å². The number of pyridine rings is 1. The maximum Gasteiger partial charge on any atom is 0.144 e. The lowest BCUT2D eigenvalue weighted by molar-refractivity contribution is 0.0317. The number of hydrogen-bond donors (Lipinski definition) is 3. The first-order chi connectivity index (χ1) is 15.3. The first-order valence-corrected chi connectivity index (χ1v) is 11.0. The van der Waals surface area contributed by atoms with Crippen molar-refractivity contribution in [3.8, 4) is 0 Å². The van der Waals surface area contributed by atoms with Crippen LogP contribution >= 0.6 is 15.9 Å². The molecule has 0 saturated carbocycles. The normalized spacial score (nSPS) is 20.9. The summed E-state index contributed by atoms with van der Waals surface area (Å²) in [7, 11) is 0. The van der Waals surface area contributed by atoms with Gasteiger partial charge < -0.3 is 20.5 Å². The van der Waals surface area contributed by atoms with E-state index in [2.05, 4.69) is 30.9 Å². The summed E-state index contributed by atoms with van der Waals surface area (Å²) >= 11 is 3.27. The van der Waals surface area contributed by atoms with E-state index in [-0.39, 0.29) is 5.82 Å². The minimum Gasteiger partial charge on any atom is -0.388 e. The van der Waals surface area contributed by atoms with E-state index in [0.717, 1.165) is 16.6 Å². The van der Waals surface area contributed by atoms with E-state index in [9.17, 15) is 14.6 Å². The van der Waals surface area contributed by atoms with Crippen molar-refractivity contribution in [3.63, 3.8) is 0 Å². The predicted molar refractivity (Wildman–Crippen MR) is 124 cm³/mol. The minimum absolute atomic E-state index is 0.298. The number of nitrogens with zero attached hydrogens (tertiary/aromatic N) is 4. The Kier molecular flexibility index (Phi) is 5.19. The Morgan fingerprint density at radius 3 is 2.78 bits per heavy atom. The highest BCUT2D eigenvalue weighted by Gasteiger charge is 2.36. The zero-order chi connectivity index (χ0) is 22.6. The molecule has 0 spiro atoms. The number of aliphatic hydroxyl groups excluding tert-OH is 2. The van der Waals surface area contributed by atoms with Gasteiger partial charge in [-0.1, -0.05) is 6.08 Å². The van der Waals surface area contributed by atoms with Crippen molar-refractivity contribution in [1.82, 2.24) is 19.5 Å². The number of halogens is 2. The molecule has 0 aliphatic heterocycles. The molecule has 0 unspecified atom stereocenters. The Labute approximate surface area is 191 Å². The fourth-order valence-electron chi connectivity index (χ4n) is 4.35. The van der Waals surface area contributed by atoms with Crippen LogP contribution in [0.1, 0.15) is 23.7 Å². The van der Waals surface area contributed by atoms with Crippen molar-refractivity contribution >= 4 is 43.7 Å². The fraction of sp³-hybridized carbons (Fsp3) is 0.261. The number of rotatable bonds is 4. The zero-order valence-corrected chi connectivity index (χ0v) is 18.8. The van der Waals surface area contributed by atoms with Gasteiger partial charge in [-0.3, -0.25) is 0 Å². The summed E-state index contributed by atoms with van der Waals surface area (Å²) in [6, 6.07) is 6.36. The molecule has 9 heteroatoms. The Bertz CT molecular complexity index is 1390. The van der Waals surface area contributed by atoms with Gasteiger partial charge >= 0.3 is 0 Å². The molecular weight excluding hydrogens is 477 g/mol. The van der Waals surface area contributed by atoms with Crippen LogP contribution in [-0.4, -0.2) is 41.9 Å². The third kappa shape index (κ3) is 3.46. The molecule has 164 valence electrons. The lowest BCUT2D eigenvalue weighted by Crippen LogP contribution is -2.29. The number of nitrogen functional groups attached to an aromatic ring is 1. The molecule has 4 aromatic rings. The summed E-state index contributed by atoms with van der Waals surface area (Å²) in [4.78, 5) is 12.8. The van der Waals surface area contributed by atoms with Gasteiger partial charge in [0.15, 0.2) is 0 Å². The van der Waals surface area contributed by atoms with Gasteiger partial charge in [-0.25, -0.2) is 19.3 Å². The Morgan fingerprint density at radius 1 is 1.16 bits per heavy atom. The molecule has 1 aliphatic carbocycles. The zero-order valence-electron chi connectivity index (χ0n) is 17.2. The Balaban J connectivity index is 1.42. The standard InChI is InChI=1S/C23H21BrFN5O2/c1-11-14-4-5-30(23(14)28-10-27-11)19-8-13(20(31)21(19)32)3-2-12-6-17(25)15-9-16(24)22(26)29-18(15)7-12/h4-10,19-21,31-32H,2-3H2,1H3,(H2,26,29)/t19-,20-,21+/m1/s1. The fourth-order valence-corrected chi connectivity index (χ4v) is 4.66. The van der Waals surface area contributed by atoms with E-state index in [4.69, 9.17) is 5.73 Å². The van der Waals surface area contributed by atoms with E-state index in [1.807, 2.05) is 29.8 Å². The molecule has 1 aromatic carbocycles. The van der Waals surface area contributed by atoms with Crippen LogP contribution in [0.4, 0.5) is 10.2 Å². The predicted octanol–water partition coefficient (Wildman–Crippen LogP) is 3.61. The number of fused-ring (bicyclic) bond motifs is 2. The number of aromatic nitrogens is 4. The van der Waals surface area contributed by atoms with Crippen LogP contribution in [0, 0.1) is 12.7 Å². The van der Waals surface area contributed by atoms with E-state index in [1.165, 1.54) is 12.4 Å². The molecule has 0 bridgehead atoms. The molecule has 0 saturated heterocycles. The van der Waals surface area contributed by atoms with Crippen LogP contribution in [0.15, 0.2) is 52.9 Å². The Hall–Kier alpha value is -2.88. The molecule has 0 amide bonds. The van der Waals surface area contributed by atoms with Crippen molar-refractivity contribution in [1.29, 1.82) is 0 Å². The number of benzene rings is 1. The van der Waals surface area contributed by atoms with Gasteiger partial charge in [0, 0.05) is 17.0 Å². The van der Waals surface area contributed by atoms with Gasteiger partial charge in [0.1, 0.15) is 35.8 Å². The summed E-state index contributed by atoms with van der Waals surface area (Å²) in [6.07, 6.45) is 4.17. The quantitative estimate of drug-likeness (QED) is 0.371. The number of aryl methyl sites for hydroxylation is 2. The van der Waals surface area contributed by atoms with Gasteiger partial charge in [-0.2, -0.15) is 0 Å². The monoisotopic (exact) mass is 497 g/mol. The van der Waals surface area contributed by atoms with Crippen LogP contribution in [-0.2, 0) is 6.42 Å². The third-order valence-electron chi connectivity index (χ3n) is 6.09. The molecule has 3 heterocycles. The highest BCUT2D eigenvalue weighted by molar-refractivity contribution is 9.10. The maximum atomic E-state index is 14.6. The molecule has 1 aliphatic rings. The van der Waals surface area contributed by atoms with Gasteiger partial charge in [0.25, 0.3) is 0 Å². The third-order valence-corrected chi connectivity index (χ3v) is 6.73. The molecule has 5 rings (SSSR count). The second-order valence-corrected chi connectivity index (χ2v) is 8.94. The van der Waals surface area contributed by atoms with E-state index >= 15 is 0 Å². The molecule has 7 nitrogen and oxygen atoms in total. The average Bonchev–Trinajstić information content (AvgIpc) is 3.31. The summed E-state index contributed by atoms with van der Waals surface area (Å²) in [5, 5.41) is 22.7. The highest BCUT2D eigenvalue weighted by Crippen LogP contribution is 2.35. The van der Waals surface area contributed by atoms with Crippen molar-refractivity contribution in [2.24, 2.45) is 0 Å². The highest BCUT2D eigenvalue weighted by atomic mass is 79.9. The van der Waals surface area contributed by atoms with Crippen molar-refractivity contribution in [2.45, 2.75) is 38.0 Å². The van der Waals surface area contributed by atoms with E-state index in [0.29, 0.717) is 45.3 Å². The first-order valence-electron chi connectivity index (χ1n) is 10.2.